The highest BCUT2D eigenvalue weighted by Crippen LogP contribution is 2.25. The molecule has 1 aliphatic rings. The average Bonchev–Trinajstić information content (AvgIpc) is 2.53. The SMILES string of the molecule is COC1CCCN(c2cc(C(=N)N)c3ccccc3n2)C1. The van der Waals surface area contributed by atoms with Gasteiger partial charge in [-0.2, -0.15) is 0 Å². The summed E-state index contributed by atoms with van der Waals surface area (Å²) >= 11 is 0. The molecule has 0 spiro atoms. The number of hydrogen-bond donors (Lipinski definition) is 2. The van der Waals surface area contributed by atoms with Crippen LogP contribution in [0.3, 0.4) is 0 Å². The van der Waals surface area contributed by atoms with E-state index in [1.165, 1.54) is 0 Å². The number of piperidine rings is 1. The van der Waals surface area contributed by atoms with Crippen LogP contribution in [-0.4, -0.2) is 37.1 Å². The van der Waals surface area contributed by atoms with Crippen LogP contribution in [0.5, 0.6) is 0 Å². The van der Waals surface area contributed by atoms with Crippen molar-refractivity contribution in [2.75, 3.05) is 25.1 Å². The number of rotatable bonds is 3. The molecule has 2 aromatic rings. The maximum Gasteiger partial charge on any atom is 0.130 e. The zero-order valence-corrected chi connectivity index (χ0v) is 12.2. The molecule has 110 valence electrons. The first-order valence-corrected chi connectivity index (χ1v) is 7.21. The maximum atomic E-state index is 7.81. The highest BCUT2D eigenvalue weighted by Gasteiger charge is 2.21. The van der Waals surface area contributed by atoms with Crippen LogP contribution in [0.1, 0.15) is 18.4 Å². The highest BCUT2D eigenvalue weighted by atomic mass is 16.5. The molecule has 3 rings (SSSR count). The van der Waals surface area contributed by atoms with Crippen LogP contribution < -0.4 is 10.6 Å². The number of fused-ring (bicyclic) bond motifs is 1. The van der Waals surface area contributed by atoms with Crippen molar-refractivity contribution in [2.24, 2.45) is 5.73 Å². The Morgan fingerprint density at radius 1 is 1.43 bits per heavy atom. The fourth-order valence-corrected chi connectivity index (χ4v) is 2.88. The van der Waals surface area contributed by atoms with Gasteiger partial charge in [0.2, 0.25) is 0 Å². The Balaban J connectivity index is 2.04. The summed E-state index contributed by atoms with van der Waals surface area (Å²) in [5, 5.41) is 8.74. The van der Waals surface area contributed by atoms with Crippen LogP contribution in [0, 0.1) is 5.41 Å². The largest absolute Gasteiger partial charge is 0.384 e. The lowest BCUT2D eigenvalue weighted by atomic mass is 10.1. The molecule has 0 saturated carbocycles. The third-order valence-electron chi connectivity index (χ3n) is 4.03. The third-order valence-corrected chi connectivity index (χ3v) is 4.03. The molecule has 1 aliphatic heterocycles. The van der Waals surface area contributed by atoms with Gasteiger partial charge >= 0.3 is 0 Å². The molecule has 0 aliphatic carbocycles. The lowest BCUT2D eigenvalue weighted by Gasteiger charge is -2.33. The van der Waals surface area contributed by atoms with E-state index in [0.717, 1.165) is 48.2 Å². The monoisotopic (exact) mass is 284 g/mol. The lowest BCUT2D eigenvalue weighted by molar-refractivity contribution is 0.0891. The van der Waals surface area contributed by atoms with Crippen LogP contribution in [-0.2, 0) is 4.74 Å². The number of methoxy groups -OCH3 is 1. The minimum atomic E-state index is 0.0788. The Hall–Kier alpha value is -2.14. The van der Waals surface area contributed by atoms with E-state index in [1.54, 1.807) is 7.11 Å². The summed E-state index contributed by atoms with van der Waals surface area (Å²) < 4.78 is 5.47. The van der Waals surface area contributed by atoms with Crippen LogP contribution in [0.2, 0.25) is 0 Å². The molecule has 1 fully saturated rings. The first-order valence-electron chi connectivity index (χ1n) is 7.21. The number of anilines is 1. The number of hydrogen-bond acceptors (Lipinski definition) is 4. The Morgan fingerprint density at radius 2 is 2.24 bits per heavy atom. The first kappa shape index (κ1) is 13.8. The topological polar surface area (TPSA) is 75.2 Å². The third kappa shape index (κ3) is 2.69. The van der Waals surface area contributed by atoms with E-state index in [9.17, 15) is 0 Å². The fraction of sp³-hybridized carbons (Fsp3) is 0.375. The number of nitrogens with one attached hydrogen (secondary N) is 1. The number of nitrogen functional groups attached to an aromatic ring is 1. The van der Waals surface area contributed by atoms with Crippen molar-refractivity contribution in [1.29, 1.82) is 5.41 Å². The molecule has 5 nitrogen and oxygen atoms in total. The van der Waals surface area contributed by atoms with Crippen molar-refractivity contribution in [2.45, 2.75) is 18.9 Å². The van der Waals surface area contributed by atoms with Gasteiger partial charge in [-0.3, -0.25) is 5.41 Å². The molecule has 1 saturated heterocycles. The van der Waals surface area contributed by atoms with Crippen LogP contribution in [0.15, 0.2) is 30.3 Å². The second-order valence-electron chi connectivity index (χ2n) is 5.40. The van der Waals surface area contributed by atoms with Crippen molar-refractivity contribution in [1.82, 2.24) is 4.98 Å². The van der Waals surface area contributed by atoms with Gasteiger partial charge in [0, 0.05) is 31.1 Å². The first-order chi connectivity index (χ1) is 10.2. The summed E-state index contributed by atoms with van der Waals surface area (Å²) in [4.78, 5) is 6.95. The Kier molecular flexibility index (Phi) is 3.75. The van der Waals surface area contributed by atoms with Crippen molar-refractivity contribution in [3.63, 3.8) is 0 Å². The van der Waals surface area contributed by atoms with Gasteiger partial charge in [0.25, 0.3) is 0 Å². The van der Waals surface area contributed by atoms with Crippen molar-refractivity contribution in [3.8, 4) is 0 Å². The Bertz CT molecular complexity index is 670. The summed E-state index contributed by atoms with van der Waals surface area (Å²) in [6.45, 7) is 1.79. The number of benzene rings is 1. The van der Waals surface area contributed by atoms with Crippen molar-refractivity contribution < 1.29 is 4.74 Å². The quantitative estimate of drug-likeness (QED) is 0.669. The maximum absolute atomic E-state index is 7.81. The van der Waals surface area contributed by atoms with E-state index in [0.29, 0.717) is 0 Å². The number of ether oxygens (including phenoxy) is 1. The van der Waals surface area contributed by atoms with Crippen molar-refractivity contribution >= 4 is 22.6 Å². The van der Waals surface area contributed by atoms with Gasteiger partial charge in [-0.15, -0.1) is 0 Å². The summed E-state index contributed by atoms with van der Waals surface area (Å²) in [7, 11) is 1.75. The number of para-hydroxylation sites is 1. The van der Waals surface area contributed by atoms with Gasteiger partial charge in [-0.25, -0.2) is 4.98 Å². The minimum absolute atomic E-state index is 0.0788. The van der Waals surface area contributed by atoms with Crippen LogP contribution in [0.4, 0.5) is 5.82 Å². The molecule has 21 heavy (non-hydrogen) atoms. The Labute approximate surface area is 124 Å². The van der Waals surface area contributed by atoms with E-state index in [-0.39, 0.29) is 11.9 Å². The minimum Gasteiger partial charge on any atom is -0.384 e. The molecule has 1 aromatic heterocycles. The highest BCUT2D eigenvalue weighted by molar-refractivity contribution is 6.07. The molecule has 5 heteroatoms. The van der Waals surface area contributed by atoms with Gasteiger partial charge in [0.15, 0.2) is 0 Å². The zero-order valence-electron chi connectivity index (χ0n) is 12.2. The van der Waals surface area contributed by atoms with Crippen LogP contribution >= 0.6 is 0 Å². The number of amidine groups is 1. The van der Waals surface area contributed by atoms with Gasteiger partial charge < -0.3 is 15.4 Å². The Morgan fingerprint density at radius 3 is 3.00 bits per heavy atom. The lowest BCUT2D eigenvalue weighted by Crippen LogP contribution is -2.39. The molecular formula is C16H20N4O. The fourth-order valence-electron chi connectivity index (χ4n) is 2.88. The number of nitrogens with zero attached hydrogens (tertiary/aromatic N) is 2. The standard InChI is InChI=1S/C16H20N4O/c1-21-11-5-4-8-20(10-11)15-9-13(16(17)18)12-6-2-3-7-14(12)19-15/h2-3,6-7,9,11H,4-5,8,10H2,1H3,(H3,17,18). The van der Waals surface area contributed by atoms with Gasteiger partial charge in [-0.1, -0.05) is 18.2 Å². The molecule has 1 aromatic carbocycles. The predicted molar refractivity (Wildman–Crippen MR) is 85.0 cm³/mol. The summed E-state index contributed by atoms with van der Waals surface area (Å²) in [5.41, 5.74) is 7.36. The van der Waals surface area contributed by atoms with E-state index >= 15 is 0 Å². The molecule has 1 unspecified atom stereocenters. The van der Waals surface area contributed by atoms with E-state index in [2.05, 4.69) is 4.90 Å². The normalized spacial score (nSPS) is 18.9. The van der Waals surface area contributed by atoms with Gasteiger partial charge in [0.1, 0.15) is 11.7 Å². The van der Waals surface area contributed by atoms with E-state index in [1.807, 2.05) is 30.3 Å². The molecule has 0 bridgehead atoms. The smallest absolute Gasteiger partial charge is 0.130 e. The number of pyridine rings is 1. The van der Waals surface area contributed by atoms with Crippen molar-refractivity contribution in [3.05, 3.63) is 35.9 Å². The number of nitrogens with two attached hydrogens (primary N) is 1. The number of aromatic nitrogens is 1. The van der Waals surface area contributed by atoms with E-state index in [4.69, 9.17) is 20.9 Å². The molecular weight excluding hydrogens is 264 g/mol. The molecule has 0 radical (unpaired) electrons. The molecule has 2 heterocycles. The van der Waals surface area contributed by atoms with E-state index < -0.39 is 0 Å². The molecule has 0 amide bonds. The summed E-state index contributed by atoms with van der Waals surface area (Å²) in [6, 6.07) is 9.73. The summed E-state index contributed by atoms with van der Waals surface area (Å²) in [6.07, 6.45) is 2.41. The molecule has 1 atom stereocenters. The average molecular weight is 284 g/mol. The van der Waals surface area contributed by atoms with Gasteiger partial charge in [0.05, 0.1) is 11.6 Å². The zero-order chi connectivity index (χ0) is 14.8. The second-order valence-corrected chi connectivity index (χ2v) is 5.40. The molecule has 3 N–H and O–H groups in total. The van der Waals surface area contributed by atoms with Crippen LogP contribution in [0.25, 0.3) is 10.9 Å². The van der Waals surface area contributed by atoms with Gasteiger partial charge in [-0.05, 0) is 25.0 Å². The predicted octanol–water partition coefficient (Wildman–Crippen LogP) is 2.13. The second kappa shape index (κ2) is 5.69. The summed E-state index contributed by atoms with van der Waals surface area (Å²) in [5.74, 6) is 0.954.